The van der Waals surface area contributed by atoms with Gasteiger partial charge in [0.25, 0.3) is 0 Å². The molecule has 0 spiro atoms. The first-order valence-corrected chi connectivity index (χ1v) is 6.93. The van der Waals surface area contributed by atoms with Crippen LogP contribution in [0.3, 0.4) is 0 Å². The van der Waals surface area contributed by atoms with Gasteiger partial charge in [-0.2, -0.15) is 0 Å². The molecule has 0 bridgehead atoms. The lowest BCUT2D eigenvalue weighted by Crippen LogP contribution is -2.51. The molecule has 2 fully saturated rings. The van der Waals surface area contributed by atoms with E-state index in [1.165, 1.54) is 0 Å². The van der Waals surface area contributed by atoms with E-state index in [1.807, 2.05) is 6.07 Å². The molecule has 0 aromatic carbocycles. The molecule has 0 unspecified atom stereocenters. The van der Waals surface area contributed by atoms with Gasteiger partial charge in [-0.1, -0.05) is 0 Å². The van der Waals surface area contributed by atoms with Crippen LogP contribution in [0.1, 0.15) is 12.8 Å². The van der Waals surface area contributed by atoms with Crippen LogP contribution in [0, 0.1) is 0 Å². The van der Waals surface area contributed by atoms with Crippen molar-refractivity contribution in [3.05, 3.63) is 12.4 Å². The molecular weight excluding hydrogens is 242 g/mol. The minimum Gasteiger partial charge on any atom is -0.381 e. The highest BCUT2D eigenvalue weighted by Crippen LogP contribution is 2.21. The third-order valence-corrected chi connectivity index (χ3v) is 3.89. The van der Waals surface area contributed by atoms with Crippen molar-refractivity contribution in [2.75, 3.05) is 43.6 Å². The maximum atomic E-state index is 5.41. The molecule has 1 aromatic rings. The molecule has 2 N–H and O–H groups in total. The number of aromatic nitrogens is 2. The van der Waals surface area contributed by atoms with Gasteiger partial charge in [0.2, 0.25) is 0 Å². The molecule has 3 rings (SSSR count). The van der Waals surface area contributed by atoms with E-state index < -0.39 is 0 Å². The van der Waals surface area contributed by atoms with Gasteiger partial charge in [0, 0.05) is 45.5 Å². The molecule has 0 aliphatic carbocycles. The van der Waals surface area contributed by atoms with E-state index in [-0.39, 0.29) is 0 Å². The Bertz CT molecular complexity index is 417. The Morgan fingerprint density at radius 1 is 1.32 bits per heavy atom. The van der Waals surface area contributed by atoms with Crippen molar-refractivity contribution in [3.63, 3.8) is 0 Å². The Morgan fingerprint density at radius 3 is 2.79 bits per heavy atom. The Kier molecular flexibility index (Phi) is 3.79. The predicted molar refractivity (Wildman–Crippen MR) is 74.6 cm³/mol. The topological polar surface area (TPSA) is 62.3 Å². The maximum Gasteiger partial charge on any atom is 0.134 e. The average molecular weight is 263 g/mol. The lowest BCUT2D eigenvalue weighted by Gasteiger charge is -2.32. The zero-order valence-corrected chi connectivity index (χ0v) is 11.3. The normalized spacial score (nSPS) is 20.9. The van der Waals surface area contributed by atoms with Crippen LogP contribution >= 0.6 is 0 Å². The van der Waals surface area contributed by atoms with Gasteiger partial charge in [0.05, 0.1) is 6.04 Å². The molecule has 3 heterocycles. The van der Waals surface area contributed by atoms with E-state index in [0.29, 0.717) is 12.1 Å². The number of hydrogen-bond acceptors (Lipinski definition) is 6. The summed E-state index contributed by atoms with van der Waals surface area (Å²) in [4.78, 5) is 10.9. The zero-order valence-electron chi connectivity index (χ0n) is 11.3. The first-order chi connectivity index (χ1) is 9.33. The van der Waals surface area contributed by atoms with Crippen molar-refractivity contribution >= 4 is 11.6 Å². The van der Waals surface area contributed by atoms with E-state index in [2.05, 4.69) is 32.5 Å². The second kappa shape index (κ2) is 5.71. The van der Waals surface area contributed by atoms with E-state index in [4.69, 9.17) is 4.74 Å². The van der Waals surface area contributed by atoms with Crippen LogP contribution in [0.4, 0.5) is 11.6 Å². The number of ether oxygens (including phenoxy) is 1. The summed E-state index contributed by atoms with van der Waals surface area (Å²) in [5.41, 5.74) is 0. The molecule has 2 saturated heterocycles. The molecule has 0 radical (unpaired) electrons. The molecule has 2 aliphatic heterocycles. The fourth-order valence-electron chi connectivity index (χ4n) is 2.48. The summed E-state index contributed by atoms with van der Waals surface area (Å²) >= 11 is 0. The van der Waals surface area contributed by atoms with Crippen LogP contribution in [-0.4, -0.2) is 55.4 Å². The molecule has 6 heteroatoms. The lowest BCUT2D eigenvalue weighted by atomic mass is 10.1. The SMILES string of the molecule is CN(c1cc(NC2CNC2)ncn1)C1CCOCC1. The van der Waals surface area contributed by atoms with Gasteiger partial charge >= 0.3 is 0 Å². The van der Waals surface area contributed by atoms with Gasteiger partial charge in [-0.3, -0.25) is 0 Å². The molecule has 0 atom stereocenters. The quantitative estimate of drug-likeness (QED) is 0.823. The summed E-state index contributed by atoms with van der Waals surface area (Å²) in [6.45, 7) is 3.71. The van der Waals surface area contributed by atoms with Crippen LogP contribution in [0.5, 0.6) is 0 Å². The fourth-order valence-corrected chi connectivity index (χ4v) is 2.48. The molecule has 0 saturated carbocycles. The van der Waals surface area contributed by atoms with Gasteiger partial charge in [0.15, 0.2) is 0 Å². The molecule has 1 aromatic heterocycles. The lowest BCUT2D eigenvalue weighted by molar-refractivity contribution is 0.0853. The Hall–Kier alpha value is -1.40. The standard InChI is InChI=1S/C13H21N5O/c1-18(11-2-4-19-5-3-11)13-6-12(15-9-16-13)17-10-7-14-8-10/h6,9-11,14H,2-5,7-8H2,1H3,(H,15,16,17). The second-order valence-corrected chi connectivity index (χ2v) is 5.22. The highest BCUT2D eigenvalue weighted by Gasteiger charge is 2.21. The average Bonchev–Trinajstić information content (AvgIpc) is 2.43. The second-order valence-electron chi connectivity index (χ2n) is 5.22. The van der Waals surface area contributed by atoms with Crippen molar-refractivity contribution in [3.8, 4) is 0 Å². The van der Waals surface area contributed by atoms with Crippen LogP contribution in [0.25, 0.3) is 0 Å². The predicted octanol–water partition coefficient (Wildman–Crippen LogP) is 0.475. The van der Waals surface area contributed by atoms with Crippen LogP contribution < -0.4 is 15.5 Å². The number of anilines is 2. The molecule has 2 aliphatic rings. The van der Waals surface area contributed by atoms with Gasteiger partial charge < -0.3 is 20.3 Å². The third-order valence-electron chi connectivity index (χ3n) is 3.89. The highest BCUT2D eigenvalue weighted by molar-refractivity contribution is 5.49. The van der Waals surface area contributed by atoms with Crippen molar-refractivity contribution in [2.45, 2.75) is 24.9 Å². The first kappa shape index (κ1) is 12.6. The zero-order chi connectivity index (χ0) is 13.1. The largest absolute Gasteiger partial charge is 0.381 e. The van der Waals surface area contributed by atoms with Gasteiger partial charge in [0.1, 0.15) is 18.0 Å². The fraction of sp³-hybridized carbons (Fsp3) is 0.692. The van der Waals surface area contributed by atoms with Gasteiger partial charge in [-0.15, -0.1) is 0 Å². The molecule has 6 nitrogen and oxygen atoms in total. The van der Waals surface area contributed by atoms with E-state index in [9.17, 15) is 0 Å². The summed E-state index contributed by atoms with van der Waals surface area (Å²) in [5.74, 6) is 1.90. The molecule has 0 amide bonds. The Labute approximate surface area is 113 Å². The summed E-state index contributed by atoms with van der Waals surface area (Å²) in [6, 6.07) is 3.05. The Morgan fingerprint density at radius 2 is 2.11 bits per heavy atom. The summed E-state index contributed by atoms with van der Waals surface area (Å²) in [7, 11) is 2.10. The first-order valence-electron chi connectivity index (χ1n) is 6.93. The molecular formula is C13H21N5O. The summed E-state index contributed by atoms with van der Waals surface area (Å²) in [6.07, 6.45) is 3.77. The van der Waals surface area contributed by atoms with Crippen LogP contribution in [0.15, 0.2) is 12.4 Å². The monoisotopic (exact) mass is 263 g/mol. The Balaban J connectivity index is 1.66. The van der Waals surface area contributed by atoms with Crippen LogP contribution in [0.2, 0.25) is 0 Å². The number of nitrogens with zero attached hydrogens (tertiary/aromatic N) is 3. The van der Waals surface area contributed by atoms with Crippen LogP contribution in [-0.2, 0) is 4.74 Å². The minimum atomic E-state index is 0.496. The minimum absolute atomic E-state index is 0.496. The van der Waals surface area contributed by atoms with Gasteiger partial charge in [-0.05, 0) is 12.8 Å². The van der Waals surface area contributed by atoms with Crippen molar-refractivity contribution in [1.82, 2.24) is 15.3 Å². The maximum absolute atomic E-state index is 5.41. The van der Waals surface area contributed by atoms with E-state index in [1.54, 1.807) is 6.33 Å². The summed E-state index contributed by atoms with van der Waals surface area (Å²) in [5, 5.41) is 6.65. The highest BCUT2D eigenvalue weighted by atomic mass is 16.5. The molecule has 104 valence electrons. The van der Waals surface area contributed by atoms with Crippen molar-refractivity contribution in [2.24, 2.45) is 0 Å². The van der Waals surface area contributed by atoms with E-state index >= 15 is 0 Å². The smallest absolute Gasteiger partial charge is 0.134 e. The third kappa shape index (κ3) is 2.96. The molecule has 19 heavy (non-hydrogen) atoms. The summed E-state index contributed by atoms with van der Waals surface area (Å²) < 4.78 is 5.41. The number of hydrogen-bond donors (Lipinski definition) is 2. The van der Waals surface area contributed by atoms with Crippen molar-refractivity contribution < 1.29 is 4.74 Å². The van der Waals surface area contributed by atoms with E-state index in [0.717, 1.165) is 50.8 Å². The number of rotatable bonds is 4. The van der Waals surface area contributed by atoms with Crippen molar-refractivity contribution in [1.29, 1.82) is 0 Å². The van der Waals surface area contributed by atoms with Gasteiger partial charge in [-0.25, -0.2) is 9.97 Å². The number of nitrogens with one attached hydrogen (secondary N) is 2.